The van der Waals surface area contributed by atoms with E-state index in [0.29, 0.717) is 32.9 Å². The second-order valence-electron chi connectivity index (χ2n) is 10.2. The predicted octanol–water partition coefficient (Wildman–Crippen LogP) is 0.297. The minimum atomic E-state index is -1.16. The van der Waals surface area contributed by atoms with Gasteiger partial charge in [-0.2, -0.15) is 0 Å². The van der Waals surface area contributed by atoms with E-state index < -0.39 is 17.4 Å². The largest absolute Gasteiger partial charge is 0.480 e. The summed E-state index contributed by atoms with van der Waals surface area (Å²) in [6.07, 6.45) is 0.00717. The van der Waals surface area contributed by atoms with E-state index in [1.807, 2.05) is 20.8 Å². The van der Waals surface area contributed by atoms with E-state index in [4.69, 9.17) is 18.9 Å². The van der Waals surface area contributed by atoms with Crippen LogP contribution >= 0.6 is 0 Å². The lowest BCUT2D eigenvalue weighted by molar-refractivity contribution is -0.149. The Hall–Kier alpha value is -2.61. The van der Waals surface area contributed by atoms with Crippen LogP contribution in [0.3, 0.4) is 0 Å². The molecular formula is C26H47N3O10. The molecule has 0 aromatic rings. The molecule has 0 bridgehead atoms. The number of rotatable bonds is 21. The second-order valence-corrected chi connectivity index (χ2v) is 10.2. The zero-order chi connectivity index (χ0) is 30.0. The molecule has 0 saturated heterocycles. The van der Waals surface area contributed by atoms with Gasteiger partial charge < -0.3 is 38.8 Å². The van der Waals surface area contributed by atoms with Crippen LogP contribution in [0.15, 0.2) is 0 Å². The van der Waals surface area contributed by atoms with Crippen molar-refractivity contribution in [1.29, 1.82) is 0 Å². The van der Waals surface area contributed by atoms with Crippen molar-refractivity contribution in [2.75, 3.05) is 87.1 Å². The normalized spacial score (nSPS) is 12.1. The highest BCUT2D eigenvalue weighted by Gasteiger charge is 2.26. The summed E-state index contributed by atoms with van der Waals surface area (Å²) in [5.74, 6) is -1.97. The van der Waals surface area contributed by atoms with Gasteiger partial charge in [0, 0.05) is 53.0 Å². The Balaban J connectivity index is 3.87. The average Bonchev–Trinajstić information content (AvgIpc) is 2.85. The van der Waals surface area contributed by atoms with Crippen LogP contribution < -0.4 is 0 Å². The van der Waals surface area contributed by atoms with Crippen molar-refractivity contribution < 1.29 is 48.0 Å². The van der Waals surface area contributed by atoms with Gasteiger partial charge in [0.05, 0.1) is 39.6 Å². The van der Waals surface area contributed by atoms with Gasteiger partial charge in [0.1, 0.15) is 19.3 Å². The number of carbonyl (C=O) groups excluding carboxylic acids is 4. The van der Waals surface area contributed by atoms with Crippen LogP contribution in [0.1, 0.15) is 40.5 Å². The topological polar surface area (TPSA) is 152 Å². The minimum Gasteiger partial charge on any atom is -0.480 e. The van der Waals surface area contributed by atoms with Crippen LogP contribution in [-0.2, 0) is 42.9 Å². The van der Waals surface area contributed by atoms with Crippen molar-refractivity contribution in [3.05, 3.63) is 0 Å². The number of ether oxygens (including phenoxy) is 4. The molecule has 13 nitrogen and oxygen atoms in total. The summed E-state index contributed by atoms with van der Waals surface area (Å²) in [5, 5.41) is 9.27. The van der Waals surface area contributed by atoms with Crippen molar-refractivity contribution in [3.63, 3.8) is 0 Å². The molecule has 0 aromatic heterocycles. The number of Topliss-reactive ketones (excluding diaryl/α,β-unsaturated/α-hetero) is 1. The van der Waals surface area contributed by atoms with Gasteiger partial charge in [-0.15, -0.1) is 0 Å². The number of ketones is 1. The number of carboxylic acid groups (broad SMARTS) is 1. The molecule has 0 aromatic carbocycles. The van der Waals surface area contributed by atoms with Crippen LogP contribution in [0.25, 0.3) is 0 Å². The number of hydrogen-bond donors (Lipinski definition) is 1. The van der Waals surface area contributed by atoms with E-state index in [0.717, 1.165) is 4.90 Å². The molecule has 0 aliphatic rings. The van der Waals surface area contributed by atoms with Crippen molar-refractivity contribution in [3.8, 4) is 0 Å². The zero-order valence-electron chi connectivity index (χ0n) is 24.5. The van der Waals surface area contributed by atoms with Crippen molar-refractivity contribution in [2.24, 2.45) is 5.41 Å². The molecule has 1 atom stereocenters. The van der Waals surface area contributed by atoms with Crippen LogP contribution in [-0.4, -0.2) is 142 Å². The van der Waals surface area contributed by atoms with E-state index >= 15 is 0 Å². The summed E-state index contributed by atoms with van der Waals surface area (Å²) in [6.45, 7) is 9.09. The standard InChI is InChI=1S/C26H47N3O10/c1-20(30)29(7)21(25(34)35)8-9-23(32)27(5)10-12-36-15-17-39-19-24(33)28(6)11-13-37-14-16-38-18-22(31)26(2,3)4/h21H,8-19H2,1-7H3,(H,34,35). The van der Waals surface area contributed by atoms with E-state index in [-0.39, 0.29) is 69.4 Å². The quantitative estimate of drug-likeness (QED) is 0.194. The van der Waals surface area contributed by atoms with Gasteiger partial charge in [0.2, 0.25) is 17.7 Å². The number of carbonyl (C=O) groups is 5. The summed E-state index contributed by atoms with van der Waals surface area (Å²) < 4.78 is 21.5. The Morgan fingerprint density at radius 3 is 1.64 bits per heavy atom. The van der Waals surface area contributed by atoms with Crippen LogP contribution in [0, 0.1) is 5.41 Å². The molecule has 0 aliphatic heterocycles. The number of likely N-dealkylation sites (N-methyl/N-ethyl adjacent to an activating group) is 3. The van der Waals surface area contributed by atoms with Gasteiger partial charge in [-0.1, -0.05) is 20.8 Å². The highest BCUT2D eigenvalue weighted by molar-refractivity contribution is 5.85. The first-order valence-corrected chi connectivity index (χ1v) is 13.0. The highest BCUT2D eigenvalue weighted by atomic mass is 16.5. The van der Waals surface area contributed by atoms with E-state index in [9.17, 15) is 29.1 Å². The number of hydrogen-bond acceptors (Lipinski definition) is 9. The fourth-order valence-corrected chi connectivity index (χ4v) is 2.90. The maximum Gasteiger partial charge on any atom is 0.326 e. The molecule has 0 radical (unpaired) electrons. The van der Waals surface area contributed by atoms with Crippen LogP contribution in [0.2, 0.25) is 0 Å². The van der Waals surface area contributed by atoms with Gasteiger partial charge >= 0.3 is 5.97 Å². The van der Waals surface area contributed by atoms with Crippen LogP contribution in [0.4, 0.5) is 0 Å². The summed E-state index contributed by atoms with van der Waals surface area (Å²) in [5.41, 5.74) is -0.428. The summed E-state index contributed by atoms with van der Waals surface area (Å²) in [4.78, 5) is 62.9. The Labute approximate surface area is 231 Å². The zero-order valence-corrected chi connectivity index (χ0v) is 24.5. The predicted molar refractivity (Wildman–Crippen MR) is 142 cm³/mol. The number of nitrogens with zero attached hydrogens (tertiary/aromatic N) is 3. The highest BCUT2D eigenvalue weighted by Crippen LogP contribution is 2.14. The van der Waals surface area contributed by atoms with Gasteiger partial charge in [-0.25, -0.2) is 4.79 Å². The molecule has 0 rings (SSSR count). The summed E-state index contributed by atoms with van der Waals surface area (Å²) in [7, 11) is 4.63. The Kier molecular flexibility index (Phi) is 18.1. The Bertz CT molecular complexity index is 784. The van der Waals surface area contributed by atoms with Crippen molar-refractivity contribution in [2.45, 2.75) is 46.6 Å². The van der Waals surface area contributed by atoms with Gasteiger partial charge in [-0.05, 0) is 6.42 Å². The van der Waals surface area contributed by atoms with E-state index in [1.165, 1.54) is 23.8 Å². The SMILES string of the molecule is CC(=O)N(C)C(CCC(=O)N(C)CCOCCOCC(=O)N(C)CCOCCOCC(=O)C(C)(C)C)C(=O)O. The molecule has 39 heavy (non-hydrogen) atoms. The molecule has 226 valence electrons. The number of amides is 3. The van der Waals surface area contributed by atoms with Crippen molar-refractivity contribution in [1.82, 2.24) is 14.7 Å². The molecule has 13 heteroatoms. The lowest BCUT2D eigenvalue weighted by atomic mass is 9.91. The Morgan fingerprint density at radius 1 is 0.718 bits per heavy atom. The molecule has 3 amide bonds. The van der Waals surface area contributed by atoms with Gasteiger partial charge in [-0.3, -0.25) is 19.2 Å². The monoisotopic (exact) mass is 561 g/mol. The maximum absolute atomic E-state index is 12.2. The first kappa shape index (κ1) is 36.4. The molecule has 0 aliphatic carbocycles. The minimum absolute atomic E-state index is 0.0128. The van der Waals surface area contributed by atoms with E-state index in [2.05, 4.69) is 0 Å². The molecule has 0 heterocycles. The molecule has 0 fully saturated rings. The second kappa shape index (κ2) is 19.4. The average molecular weight is 562 g/mol. The molecule has 0 spiro atoms. The smallest absolute Gasteiger partial charge is 0.326 e. The fourth-order valence-electron chi connectivity index (χ4n) is 2.90. The molecule has 1 N–H and O–H groups in total. The lowest BCUT2D eigenvalue weighted by Crippen LogP contribution is -2.42. The third kappa shape index (κ3) is 16.9. The van der Waals surface area contributed by atoms with Crippen LogP contribution in [0.5, 0.6) is 0 Å². The Morgan fingerprint density at radius 2 is 1.18 bits per heavy atom. The van der Waals surface area contributed by atoms with E-state index in [1.54, 1.807) is 14.1 Å². The third-order valence-electron chi connectivity index (χ3n) is 5.91. The van der Waals surface area contributed by atoms with Crippen molar-refractivity contribution >= 4 is 29.5 Å². The summed E-state index contributed by atoms with van der Waals surface area (Å²) in [6, 6.07) is -1.06. The fraction of sp³-hybridized carbons (Fsp3) is 0.808. The van der Waals surface area contributed by atoms with Gasteiger partial charge in [0.15, 0.2) is 5.78 Å². The summed E-state index contributed by atoms with van der Waals surface area (Å²) >= 11 is 0. The maximum atomic E-state index is 12.2. The first-order chi connectivity index (χ1) is 18.2. The molecular weight excluding hydrogens is 514 g/mol. The lowest BCUT2D eigenvalue weighted by Gasteiger charge is -2.24. The number of aliphatic carboxylic acids is 1. The third-order valence-corrected chi connectivity index (χ3v) is 5.91. The first-order valence-electron chi connectivity index (χ1n) is 13.0. The number of carboxylic acids is 1. The molecule has 1 unspecified atom stereocenters. The molecule has 0 saturated carbocycles. The van der Waals surface area contributed by atoms with Gasteiger partial charge in [0.25, 0.3) is 0 Å².